The highest BCUT2D eigenvalue weighted by molar-refractivity contribution is 9.08. The van der Waals surface area contributed by atoms with Crippen LogP contribution < -0.4 is 4.90 Å². The van der Waals surface area contributed by atoms with Crippen molar-refractivity contribution in [1.82, 2.24) is 4.98 Å². The molecular weight excluding hydrogens is 228 g/mol. The van der Waals surface area contributed by atoms with E-state index in [0.717, 1.165) is 11.1 Å². The number of pyridine rings is 1. The van der Waals surface area contributed by atoms with Crippen LogP contribution in [0.4, 0.5) is 5.82 Å². The molecule has 0 aliphatic heterocycles. The van der Waals surface area contributed by atoms with Crippen molar-refractivity contribution in [1.29, 1.82) is 0 Å². The maximum absolute atomic E-state index is 4.37. The lowest BCUT2D eigenvalue weighted by atomic mass is 10.3. The SMILES string of the molecule is CC(C)N(C)c1ccc(CBr)cn1. The molecule has 0 bridgehead atoms. The molecule has 0 atom stereocenters. The zero-order valence-electron chi connectivity index (χ0n) is 8.29. The molecule has 1 aromatic rings. The van der Waals surface area contributed by atoms with Crippen molar-refractivity contribution in [2.45, 2.75) is 25.2 Å². The van der Waals surface area contributed by atoms with Gasteiger partial charge < -0.3 is 4.90 Å². The Bertz CT molecular complexity index is 256. The minimum absolute atomic E-state index is 0.488. The summed E-state index contributed by atoms with van der Waals surface area (Å²) in [7, 11) is 2.06. The van der Waals surface area contributed by atoms with Crippen LogP contribution in [0.3, 0.4) is 0 Å². The van der Waals surface area contributed by atoms with Crippen molar-refractivity contribution in [2.24, 2.45) is 0 Å². The topological polar surface area (TPSA) is 16.1 Å². The van der Waals surface area contributed by atoms with E-state index in [1.54, 1.807) is 0 Å². The van der Waals surface area contributed by atoms with Gasteiger partial charge in [0.1, 0.15) is 5.82 Å². The molecule has 0 aliphatic carbocycles. The zero-order valence-corrected chi connectivity index (χ0v) is 9.87. The molecule has 0 amide bonds. The number of nitrogens with zero attached hydrogens (tertiary/aromatic N) is 2. The summed E-state index contributed by atoms with van der Waals surface area (Å²) < 4.78 is 0. The van der Waals surface area contributed by atoms with Gasteiger partial charge in [0.2, 0.25) is 0 Å². The molecule has 1 heterocycles. The standard InChI is InChI=1S/C10H15BrN2/c1-8(2)13(3)10-5-4-9(6-11)7-12-10/h4-5,7-8H,6H2,1-3H3. The number of rotatable bonds is 3. The van der Waals surface area contributed by atoms with E-state index in [0.29, 0.717) is 6.04 Å². The maximum Gasteiger partial charge on any atom is 0.128 e. The summed E-state index contributed by atoms with van der Waals surface area (Å²) in [6.45, 7) is 4.31. The third-order valence-corrected chi connectivity index (χ3v) is 2.75. The molecule has 13 heavy (non-hydrogen) atoms. The Morgan fingerprint density at radius 3 is 2.54 bits per heavy atom. The van der Waals surface area contributed by atoms with Crippen molar-refractivity contribution in [3.05, 3.63) is 23.9 Å². The average molecular weight is 243 g/mol. The van der Waals surface area contributed by atoms with Gasteiger partial charge in [-0.15, -0.1) is 0 Å². The molecule has 1 rings (SSSR count). The fraction of sp³-hybridized carbons (Fsp3) is 0.500. The van der Waals surface area contributed by atoms with Crippen LogP contribution in [0.15, 0.2) is 18.3 Å². The lowest BCUT2D eigenvalue weighted by molar-refractivity contribution is 0.743. The molecule has 2 nitrogen and oxygen atoms in total. The van der Waals surface area contributed by atoms with Crippen LogP contribution in [0.25, 0.3) is 0 Å². The molecule has 3 heteroatoms. The normalized spacial score (nSPS) is 10.5. The predicted octanol–water partition coefficient (Wildman–Crippen LogP) is 2.82. The number of anilines is 1. The Morgan fingerprint density at radius 2 is 2.15 bits per heavy atom. The molecular formula is C10H15BrN2. The summed E-state index contributed by atoms with van der Waals surface area (Å²) in [6.07, 6.45) is 1.91. The Kier molecular flexibility index (Phi) is 3.72. The van der Waals surface area contributed by atoms with E-state index in [-0.39, 0.29) is 0 Å². The van der Waals surface area contributed by atoms with Gasteiger partial charge in [0, 0.05) is 24.6 Å². The van der Waals surface area contributed by atoms with Crippen LogP contribution in [0.1, 0.15) is 19.4 Å². The van der Waals surface area contributed by atoms with Crippen LogP contribution in [0, 0.1) is 0 Å². The number of hydrogen-bond acceptors (Lipinski definition) is 2. The van der Waals surface area contributed by atoms with Gasteiger partial charge in [-0.1, -0.05) is 22.0 Å². The Morgan fingerprint density at radius 1 is 1.46 bits per heavy atom. The second kappa shape index (κ2) is 4.61. The van der Waals surface area contributed by atoms with E-state index in [4.69, 9.17) is 0 Å². The van der Waals surface area contributed by atoms with E-state index in [1.807, 2.05) is 6.20 Å². The molecule has 0 aromatic carbocycles. The van der Waals surface area contributed by atoms with Crippen LogP contribution >= 0.6 is 15.9 Å². The van der Waals surface area contributed by atoms with Crippen LogP contribution in [0.5, 0.6) is 0 Å². The largest absolute Gasteiger partial charge is 0.357 e. The van der Waals surface area contributed by atoms with Crippen molar-refractivity contribution in [2.75, 3.05) is 11.9 Å². The first-order valence-electron chi connectivity index (χ1n) is 4.39. The molecule has 0 saturated heterocycles. The van der Waals surface area contributed by atoms with Gasteiger partial charge >= 0.3 is 0 Å². The molecule has 0 fully saturated rings. The monoisotopic (exact) mass is 242 g/mol. The Hall–Kier alpha value is -0.570. The van der Waals surface area contributed by atoms with Crippen molar-refractivity contribution >= 4 is 21.7 Å². The minimum atomic E-state index is 0.488. The quantitative estimate of drug-likeness (QED) is 0.759. The van der Waals surface area contributed by atoms with Crippen molar-refractivity contribution in [3.8, 4) is 0 Å². The first-order chi connectivity index (χ1) is 6.15. The third-order valence-electron chi connectivity index (χ3n) is 2.10. The van der Waals surface area contributed by atoms with Gasteiger partial charge in [-0.25, -0.2) is 4.98 Å². The van der Waals surface area contributed by atoms with Gasteiger partial charge in [0.05, 0.1) is 0 Å². The fourth-order valence-electron chi connectivity index (χ4n) is 0.969. The predicted molar refractivity (Wildman–Crippen MR) is 60.4 cm³/mol. The second-order valence-corrected chi connectivity index (χ2v) is 3.92. The van der Waals surface area contributed by atoms with E-state index in [1.165, 1.54) is 5.56 Å². The molecule has 0 aliphatic rings. The van der Waals surface area contributed by atoms with E-state index < -0.39 is 0 Å². The summed E-state index contributed by atoms with van der Waals surface area (Å²) in [5.41, 5.74) is 1.21. The number of halogens is 1. The number of aromatic nitrogens is 1. The molecule has 72 valence electrons. The van der Waals surface area contributed by atoms with Gasteiger partial charge in [0.25, 0.3) is 0 Å². The number of alkyl halides is 1. The molecule has 0 saturated carbocycles. The highest BCUT2D eigenvalue weighted by Gasteiger charge is 2.04. The van der Waals surface area contributed by atoms with Crippen LogP contribution in [-0.2, 0) is 5.33 Å². The molecule has 0 radical (unpaired) electrons. The second-order valence-electron chi connectivity index (χ2n) is 3.36. The molecule has 0 spiro atoms. The first kappa shape index (κ1) is 10.5. The van der Waals surface area contributed by atoms with Crippen LogP contribution in [-0.4, -0.2) is 18.1 Å². The third kappa shape index (κ3) is 2.69. The Labute approximate surface area is 88.1 Å². The number of hydrogen-bond donors (Lipinski definition) is 0. The average Bonchev–Trinajstić information content (AvgIpc) is 2.17. The van der Waals surface area contributed by atoms with Gasteiger partial charge in [-0.05, 0) is 25.5 Å². The molecule has 0 N–H and O–H groups in total. The summed E-state index contributed by atoms with van der Waals surface area (Å²) in [5, 5.41) is 0.867. The zero-order chi connectivity index (χ0) is 9.84. The van der Waals surface area contributed by atoms with E-state index in [2.05, 4.69) is 58.8 Å². The van der Waals surface area contributed by atoms with Gasteiger partial charge in [0.15, 0.2) is 0 Å². The fourth-order valence-corrected chi connectivity index (χ4v) is 1.30. The first-order valence-corrected chi connectivity index (χ1v) is 5.51. The summed E-state index contributed by atoms with van der Waals surface area (Å²) in [5.74, 6) is 1.03. The molecule has 1 aromatic heterocycles. The minimum Gasteiger partial charge on any atom is -0.357 e. The van der Waals surface area contributed by atoms with Gasteiger partial charge in [-0.2, -0.15) is 0 Å². The highest BCUT2D eigenvalue weighted by Crippen LogP contribution is 2.13. The lowest BCUT2D eigenvalue weighted by Gasteiger charge is -2.22. The molecule has 0 unspecified atom stereocenters. The lowest BCUT2D eigenvalue weighted by Crippen LogP contribution is -2.26. The maximum atomic E-state index is 4.37. The highest BCUT2D eigenvalue weighted by atomic mass is 79.9. The van der Waals surface area contributed by atoms with Crippen LogP contribution in [0.2, 0.25) is 0 Å². The summed E-state index contributed by atoms with van der Waals surface area (Å²) >= 11 is 3.39. The van der Waals surface area contributed by atoms with Crippen molar-refractivity contribution in [3.63, 3.8) is 0 Å². The summed E-state index contributed by atoms with van der Waals surface area (Å²) in [4.78, 5) is 6.52. The Balaban J connectivity index is 2.79. The van der Waals surface area contributed by atoms with E-state index in [9.17, 15) is 0 Å². The summed E-state index contributed by atoms with van der Waals surface area (Å²) in [6, 6.07) is 4.63. The smallest absolute Gasteiger partial charge is 0.128 e. The van der Waals surface area contributed by atoms with Crippen molar-refractivity contribution < 1.29 is 0 Å². The van der Waals surface area contributed by atoms with E-state index >= 15 is 0 Å². The van der Waals surface area contributed by atoms with Gasteiger partial charge in [-0.3, -0.25) is 0 Å².